The minimum Gasteiger partial charge on any atom is -0.496 e. The molecule has 0 atom stereocenters. The van der Waals surface area contributed by atoms with Gasteiger partial charge >= 0.3 is 0 Å². The van der Waals surface area contributed by atoms with Crippen LogP contribution in [0.25, 0.3) is 6.08 Å². The van der Waals surface area contributed by atoms with Gasteiger partial charge in [-0.2, -0.15) is 0 Å². The molecule has 0 aromatic heterocycles. The van der Waals surface area contributed by atoms with E-state index in [1.807, 2.05) is 30.3 Å². The second-order valence-electron chi connectivity index (χ2n) is 7.05. The zero-order valence-electron chi connectivity index (χ0n) is 16.0. The topological polar surface area (TPSA) is 42.8 Å². The van der Waals surface area contributed by atoms with Gasteiger partial charge in [0.05, 0.1) is 20.2 Å². The highest BCUT2D eigenvalue weighted by atomic mass is 16.5. The van der Waals surface area contributed by atoms with Gasteiger partial charge < -0.3 is 15.0 Å². The number of piperidine rings is 1. The molecule has 2 aromatic rings. The van der Waals surface area contributed by atoms with Gasteiger partial charge in [0.25, 0.3) is 0 Å². The van der Waals surface area contributed by atoms with E-state index in [1.165, 1.54) is 43.5 Å². The number of nitrogens with one attached hydrogen (secondary N) is 2. The number of likely N-dealkylation sites (tertiary alicyclic amines) is 1. The molecular weight excluding hydrogens is 336 g/mol. The van der Waals surface area contributed by atoms with Crippen LogP contribution in [0.4, 0.5) is 0 Å². The predicted octanol–water partition coefficient (Wildman–Crippen LogP) is 2.59. The average molecular weight is 365 g/mol. The molecule has 2 aromatic carbocycles. The highest BCUT2D eigenvalue weighted by molar-refractivity contribution is 5.92. The lowest BCUT2D eigenvalue weighted by Gasteiger charge is -2.24. The Morgan fingerprint density at radius 3 is 2.52 bits per heavy atom. The molecule has 3 rings (SSSR count). The highest BCUT2D eigenvalue weighted by Crippen LogP contribution is 2.18. The van der Waals surface area contributed by atoms with Crippen molar-refractivity contribution in [2.24, 2.45) is 0 Å². The molecule has 4 heteroatoms. The summed E-state index contributed by atoms with van der Waals surface area (Å²) in [5, 5.41) is 3.01. The number of ether oxygens (including phenoxy) is 1. The summed E-state index contributed by atoms with van der Waals surface area (Å²) in [6.07, 6.45) is 7.36. The molecule has 0 unspecified atom stereocenters. The number of para-hydroxylation sites is 1. The molecule has 0 saturated carbocycles. The quantitative estimate of drug-likeness (QED) is 0.741. The highest BCUT2D eigenvalue weighted by Gasteiger charge is 2.15. The second kappa shape index (κ2) is 9.93. The van der Waals surface area contributed by atoms with Crippen LogP contribution in [0.5, 0.6) is 5.75 Å². The summed E-state index contributed by atoms with van der Waals surface area (Å²) in [7, 11) is 1.63. The minimum absolute atomic E-state index is 0.0963. The van der Waals surface area contributed by atoms with Crippen molar-refractivity contribution in [2.75, 3.05) is 20.2 Å². The Hall–Kier alpha value is -2.59. The van der Waals surface area contributed by atoms with E-state index in [0.29, 0.717) is 6.54 Å². The number of methoxy groups -OCH3 is 1. The first-order chi connectivity index (χ1) is 13.3. The molecule has 1 heterocycles. The smallest absolute Gasteiger partial charge is 0.244 e. The van der Waals surface area contributed by atoms with Crippen LogP contribution in [0.3, 0.4) is 0 Å². The second-order valence-corrected chi connectivity index (χ2v) is 7.05. The molecule has 0 radical (unpaired) electrons. The van der Waals surface area contributed by atoms with Crippen LogP contribution in [0, 0.1) is 0 Å². The first-order valence-electron chi connectivity index (χ1n) is 9.75. The van der Waals surface area contributed by atoms with Crippen molar-refractivity contribution in [3.63, 3.8) is 0 Å². The van der Waals surface area contributed by atoms with Crippen molar-refractivity contribution >= 4 is 12.0 Å². The Bertz CT molecular complexity index is 779. The normalized spacial score (nSPS) is 15.0. The number of benzene rings is 2. The maximum absolute atomic E-state index is 12.2. The molecule has 1 fully saturated rings. The number of quaternary nitrogens is 1. The Morgan fingerprint density at radius 2 is 1.74 bits per heavy atom. The fraction of sp³-hybridized carbons (Fsp3) is 0.348. The molecule has 2 N–H and O–H groups in total. The Kier molecular flexibility index (Phi) is 7.05. The van der Waals surface area contributed by atoms with Crippen LogP contribution in [0.1, 0.15) is 36.0 Å². The molecule has 0 spiro atoms. The number of hydrogen-bond acceptors (Lipinski definition) is 2. The van der Waals surface area contributed by atoms with Crippen molar-refractivity contribution in [2.45, 2.75) is 32.4 Å². The molecule has 4 nitrogen and oxygen atoms in total. The molecule has 0 bridgehead atoms. The maximum atomic E-state index is 12.2. The molecule has 1 aliphatic heterocycles. The van der Waals surface area contributed by atoms with E-state index in [-0.39, 0.29) is 5.91 Å². The number of amides is 1. The lowest BCUT2D eigenvalue weighted by molar-refractivity contribution is -0.918. The maximum Gasteiger partial charge on any atom is 0.244 e. The van der Waals surface area contributed by atoms with Gasteiger partial charge in [-0.05, 0) is 37.0 Å². The van der Waals surface area contributed by atoms with Crippen LogP contribution in [0.15, 0.2) is 54.6 Å². The van der Waals surface area contributed by atoms with E-state index >= 15 is 0 Å². The average Bonchev–Trinajstić information content (AvgIpc) is 2.72. The third kappa shape index (κ3) is 5.69. The van der Waals surface area contributed by atoms with Crippen LogP contribution in [-0.4, -0.2) is 26.1 Å². The Morgan fingerprint density at radius 1 is 1.04 bits per heavy atom. The summed E-state index contributed by atoms with van der Waals surface area (Å²) in [5.74, 6) is 0.664. The summed E-state index contributed by atoms with van der Waals surface area (Å²) in [6.45, 7) is 4.10. The van der Waals surface area contributed by atoms with Crippen molar-refractivity contribution in [3.8, 4) is 5.75 Å². The van der Waals surface area contributed by atoms with E-state index in [1.54, 1.807) is 24.2 Å². The van der Waals surface area contributed by atoms with E-state index in [0.717, 1.165) is 17.9 Å². The SMILES string of the molecule is COc1ccccc1/C=C/C(=O)NCc1ccccc1C[NH+]1CCCCC1. The van der Waals surface area contributed by atoms with E-state index in [4.69, 9.17) is 4.74 Å². The predicted molar refractivity (Wildman–Crippen MR) is 109 cm³/mol. The molecule has 27 heavy (non-hydrogen) atoms. The minimum atomic E-state index is -0.0963. The molecule has 142 valence electrons. The van der Waals surface area contributed by atoms with E-state index in [9.17, 15) is 4.79 Å². The Balaban J connectivity index is 1.58. The van der Waals surface area contributed by atoms with Gasteiger partial charge in [0, 0.05) is 23.7 Å². The number of carbonyl (C=O) groups excluding carboxylic acids is 1. The lowest BCUT2D eigenvalue weighted by Crippen LogP contribution is -3.11. The van der Waals surface area contributed by atoms with Gasteiger partial charge in [0.2, 0.25) is 5.91 Å². The van der Waals surface area contributed by atoms with Crippen LogP contribution >= 0.6 is 0 Å². The summed E-state index contributed by atoms with van der Waals surface area (Å²) in [6, 6.07) is 16.1. The third-order valence-electron chi connectivity index (χ3n) is 5.13. The van der Waals surface area contributed by atoms with Gasteiger partial charge in [-0.25, -0.2) is 0 Å². The van der Waals surface area contributed by atoms with Crippen LogP contribution in [0.2, 0.25) is 0 Å². The number of rotatable bonds is 7. The fourth-order valence-electron chi connectivity index (χ4n) is 3.61. The van der Waals surface area contributed by atoms with Crippen molar-refractivity contribution in [3.05, 3.63) is 71.3 Å². The lowest BCUT2D eigenvalue weighted by atomic mass is 10.0. The summed E-state index contributed by atoms with van der Waals surface area (Å²) < 4.78 is 5.31. The van der Waals surface area contributed by atoms with Gasteiger partial charge in [-0.3, -0.25) is 4.79 Å². The summed E-state index contributed by atoms with van der Waals surface area (Å²) >= 11 is 0. The van der Waals surface area contributed by atoms with Gasteiger partial charge in [0.1, 0.15) is 12.3 Å². The third-order valence-corrected chi connectivity index (χ3v) is 5.13. The van der Waals surface area contributed by atoms with Crippen LogP contribution in [-0.2, 0) is 17.9 Å². The molecule has 0 aliphatic carbocycles. The van der Waals surface area contributed by atoms with Gasteiger partial charge in [-0.1, -0.05) is 42.5 Å². The largest absolute Gasteiger partial charge is 0.496 e. The summed E-state index contributed by atoms with van der Waals surface area (Å²) in [5.41, 5.74) is 3.43. The molecular formula is C23H29N2O2+. The summed E-state index contributed by atoms with van der Waals surface area (Å²) in [4.78, 5) is 13.9. The van der Waals surface area contributed by atoms with Crippen LogP contribution < -0.4 is 15.0 Å². The van der Waals surface area contributed by atoms with E-state index < -0.39 is 0 Å². The monoisotopic (exact) mass is 365 g/mol. The standard InChI is InChI=1S/C23H28N2O2/c1-27-22-12-6-5-9-19(22)13-14-23(26)24-17-20-10-3-4-11-21(20)18-25-15-7-2-8-16-25/h3-6,9-14H,2,7-8,15-18H2,1H3,(H,24,26)/p+1/b14-13+. The van der Waals surface area contributed by atoms with E-state index in [2.05, 4.69) is 23.5 Å². The number of carbonyl (C=O) groups is 1. The van der Waals surface area contributed by atoms with Crippen molar-refractivity contribution in [1.82, 2.24) is 5.32 Å². The zero-order chi connectivity index (χ0) is 18.9. The van der Waals surface area contributed by atoms with Gasteiger partial charge in [0.15, 0.2) is 0 Å². The van der Waals surface area contributed by atoms with Gasteiger partial charge in [-0.15, -0.1) is 0 Å². The molecule has 1 saturated heterocycles. The fourth-order valence-corrected chi connectivity index (χ4v) is 3.61. The first-order valence-corrected chi connectivity index (χ1v) is 9.75. The first kappa shape index (κ1) is 19.2. The molecule has 1 amide bonds. The zero-order valence-corrected chi connectivity index (χ0v) is 16.0. The van der Waals surface area contributed by atoms with Crippen molar-refractivity contribution < 1.29 is 14.4 Å². The number of hydrogen-bond donors (Lipinski definition) is 2. The van der Waals surface area contributed by atoms with Crippen molar-refractivity contribution in [1.29, 1.82) is 0 Å². The Labute approximate surface area is 161 Å². The molecule has 1 aliphatic rings.